The molecule has 3 N–H and O–H groups in total. The summed E-state index contributed by atoms with van der Waals surface area (Å²) < 4.78 is 5.02. The highest BCUT2D eigenvalue weighted by atomic mass is 32.1. The van der Waals surface area contributed by atoms with E-state index in [1.807, 2.05) is 27.7 Å². The molecule has 1 aromatic heterocycles. The second kappa shape index (κ2) is 7.04. The molecular formula is C15H24N2O3S. The lowest BCUT2D eigenvalue weighted by Crippen LogP contribution is -2.45. The van der Waals surface area contributed by atoms with E-state index < -0.39 is 12.0 Å². The Balaban J connectivity index is 2.99. The molecule has 0 unspecified atom stereocenters. The molecule has 1 amide bonds. The third kappa shape index (κ3) is 4.54. The number of nitrogens with two attached hydrogens (primary N) is 1. The number of ether oxygens (including phenoxy) is 1. The van der Waals surface area contributed by atoms with Gasteiger partial charge in [-0.15, -0.1) is 11.3 Å². The third-order valence-corrected chi connectivity index (χ3v) is 4.27. The van der Waals surface area contributed by atoms with Crippen molar-refractivity contribution in [3.63, 3.8) is 0 Å². The predicted octanol–water partition coefficient (Wildman–Crippen LogP) is 2.80. The van der Waals surface area contributed by atoms with Crippen LogP contribution in [0.3, 0.4) is 0 Å². The molecular weight excluding hydrogens is 288 g/mol. The van der Waals surface area contributed by atoms with Crippen LogP contribution in [0.1, 0.15) is 49.9 Å². The van der Waals surface area contributed by atoms with Crippen LogP contribution in [0.15, 0.2) is 6.07 Å². The summed E-state index contributed by atoms with van der Waals surface area (Å²) in [5.41, 5.74) is 5.99. The van der Waals surface area contributed by atoms with Crippen molar-refractivity contribution < 1.29 is 14.3 Å². The summed E-state index contributed by atoms with van der Waals surface area (Å²) in [6.45, 7) is 9.73. The first-order valence-corrected chi connectivity index (χ1v) is 7.88. The second-order valence-electron chi connectivity index (χ2n) is 5.86. The zero-order valence-corrected chi connectivity index (χ0v) is 14.1. The molecule has 0 aromatic carbocycles. The minimum atomic E-state index is -0.653. The molecule has 0 aliphatic rings. The summed E-state index contributed by atoms with van der Waals surface area (Å²) in [6, 6.07) is 1.11. The number of esters is 1. The first-order valence-electron chi connectivity index (χ1n) is 7.07. The molecule has 5 nitrogen and oxygen atoms in total. The van der Waals surface area contributed by atoms with E-state index in [2.05, 4.69) is 5.32 Å². The van der Waals surface area contributed by atoms with Gasteiger partial charge in [0.1, 0.15) is 5.00 Å². The molecule has 0 bridgehead atoms. The van der Waals surface area contributed by atoms with Gasteiger partial charge in [0.05, 0.1) is 18.2 Å². The van der Waals surface area contributed by atoms with Crippen molar-refractivity contribution in [2.45, 2.75) is 47.1 Å². The Labute approximate surface area is 129 Å². The van der Waals surface area contributed by atoms with Gasteiger partial charge in [0.25, 0.3) is 0 Å². The first-order chi connectivity index (χ1) is 9.70. The largest absolute Gasteiger partial charge is 0.462 e. The molecule has 0 saturated carbocycles. The molecule has 0 aliphatic carbocycles. The van der Waals surface area contributed by atoms with Gasteiger partial charge in [0, 0.05) is 4.88 Å². The Kier molecular flexibility index (Phi) is 5.92. The maximum absolute atomic E-state index is 12.2. The van der Waals surface area contributed by atoms with E-state index in [-0.39, 0.29) is 11.3 Å². The molecule has 1 rings (SSSR count). The zero-order valence-electron chi connectivity index (χ0n) is 13.3. The monoisotopic (exact) mass is 312 g/mol. The lowest BCUT2D eigenvalue weighted by Gasteiger charge is -2.25. The van der Waals surface area contributed by atoms with Crippen molar-refractivity contribution in [1.82, 2.24) is 0 Å². The molecule has 0 fully saturated rings. The fourth-order valence-electron chi connectivity index (χ4n) is 1.65. The minimum absolute atomic E-state index is 0.294. The van der Waals surface area contributed by atoms with E-state index in [1.54, 1.807) is 13.0 Å². The van der Waals surface area contributed by atoms with Gasteiger partial charge in [0.2, 0.25) is 5.91 Å². The van der Waals surface area contributed by atoms with Crippen LogP contribution in [0.25, 0.3) is 0 Å². The summed E-state index contributed by atoms with van der Waals surface area (Å²) in [4.78, 5) is 25.2. The smallest absolute Gasteiger partial charge is 0.341 e. The van der Waals surface area contributed by atoms with Crippen molar-refractivity contribution in [2.75, 3.05) is 11.9 Å². The molecule has 118 valence electrons. The molecule has 1 heterocycles. The average Bonchev–Trinajstić information content (AvgIpc) is 2.80. The Bertz CT molecular complexity index is 517. The van der Waals surface area contributed by atoms with Crippen molar-refractivity contribution in [3.05, 3.63) is 16.5 Å². The molecule has 0 radical (unpaired) electrons. The fourth-order valence-corrected chi connectivity index (χ4v) is 2.64. The Morgan fingerprint density at radius 1 is 1.38 bits per heavy atom. The van der Waals surface area contributed by atoms with Gasteiger partial charge in [-0.2, -0.15) is 0 Å². The van der Waals surface area contributed by atoms with Crippen LogP contribution in [0, 0.1) is 5.41 Å². The van der Waals surface area contributed by atoms with Crippen LogP contribution < -0.4 is 11.1 Å². The second-order valence-corrected chi connectivity index (χ2v) is 7.00. The van der Waals surface area contributed by atoms with Gasteiger partial charge in [-0.1, -0.05) is 27.7 Å². The lowest BCUT2D eigenvalue weighted by molar-refractivity contribution is -0.119. The van der Waals surface area contributed by atoms with E-state index in [0.29, 0.717) is 17.2 Å². The SMILES string of the molecule is CCOC(=O)c1cc(CC)sc1NC(=O)[C@@H](N)C(C)(C)C. The molecule has 1 aromatic rings. The van der Waals surface area contributed by atoms with Crippen LogP contribution in [0.2, 0.25) is 0 Å². The van der Waals surface area contributed by atoms with Crippen LogP contribution in [-0.2, 0) is 16.0 Å². The fraction of sp³-hybridized carbons (Fsp3) is 0.600. The standard InChI is InChI=1S/C15H24N2O3S/c1-6-9-8-10(14(19)20-7-2)13(21-9)17-12(18)11(16)15(3,4)5/h8,11H,6-7,16H2,1-5H3,(H,17,18)/t11-/m1/s1. The molecule has 6 heteroatoms. The van der Waals surface area contributed by atoms with Crippen LogP contribution in [-0.4, -0.2) is 24.5 Å². The topological polar surface area (TPSA) is 81.4 Å². The summed E-state index contributed by atoms with van der Waals surface area (Å²) >= 11 is 1.38. The minimum Gasteiger partial charge on any atom is -0.462 e. The Hall–Kier alpha value is -1.40. The Morgan fingerprint density at radius 2 is 2.00 bits per heavy atom. The molecule has 0 saturated heterocycles. The summed E-state index contributed by atoms with van der Waals surface area (Å²) in [7, 11) is 0. The average molecular weight is 312 g/mol. The van der Waals surface area contributed by atoms with Crippen molar-refractivity contribution in [3.8, 4) is 0 Å². The quantitative estimate of drug-likeness (QED) is 0.819. The van der Waals surface area contributed by atoms with E-state index in [4.69, 9.17) is 10.5 Å². The summed E-state index contributed by atoms with van der Waals surface area (Å²) in [5.74, 6) is -0.717. The maximum atomic E-state index is 12.2. The maximum Gasteiger partial charge on any atom is 0.341 e. The number of nitrogens with one attached hydrogen (secondary N) is 1. The van der Waals surface area contributed by atoms with Crippen molar-refractivity contribution in [2.24, 2.45) is 11.1 Å². The van der Waals surface area contributed by atoms with E-state index in [9.17, 15) is 9.59 Å². The van der Waals surface area contributed by atoms with Crippen molar-refractivity contribution >= 4 is 28.2 Å². The number of hydrogen-bond acceptors (Lipinski definition) is 5. The van der Waals surface area contributed by atoms with Gasteiger partial charge < -0.3 is 15.8 Å². The number of hydrogen-bond donors (Lipinski definition) is 2. The molecule has 21 heavy (non-hydrogen) atoms. The van der Waals surface area contributed by atoms with Crippen LogP contribution >= 0.6 is 11.3 Å². The molecule has 0 aliphatic heterocycles. The number of anilines is 1. The van der Waals surface area contributed by atoms with E-state index in [1.165, 1.54) is 11.3 Å². The molecule has 1 atom stereocenters. The highest BCUT2D eigenvalue weighted by Crippen LogP contribution is 2.30. The summed E-state index contributed by atoms with van der Waals surface area (Å²) in [6.07, 6.45) is 0.790. The third-order valence-electron chi connectivity index (χ3n) is 3.08. The first kappa shape index (κ1) is 17.7. The highest BCUT2D eigenvalue weighted by molar-refractivity contribution is 7.16. The van der Waals surface area contributed by atoms with E-state index >= 15 is 0 Å². The Morgan fingerprint density at radius 3 is 2.48 bits per heavy atom. The molecule has 0 spiro atoms. The number of aryl methyl sites for hydroxylation is 1. The van der Waals surface area contributed by atoms with Gasteiger partial charge in [-0.05, 0) is 24.8 Å². The number of rotatable bonds is 5. The number of thiophene rings is 1. The van der Waals surface area contributed by atoms with Gasteiger partial charge in [-0.3, -0.25) is 4.79 Å². The van der Waals surface area contributed by atoms with Gasteiger partial charge in [0.15, 0.2) is 0 Å². The van der Waals surface area contributed by atoms with Gasteiger partial charge in [-0.25, -0.2) is 4.79 Å². The van der Waals surface area contributed by atoms with Crippen molar-refractivity contribution in [1.29, 1.82) is 0 Å². The lowest BCUT2D eigenvalue weighted by atomic mass is 9.87. The van der Waals surface area contributed by atoms with Crippen LogP contribution in [0.5, 0.6) is 0 Å². The van der Waals surface area contributed by atoms with Crippen LogP contribution in [0.4, 0.5) is 5.00 Å². The highest BCUT2D eigenvalue weighted by Gasteiger charge is 2.29. The number of carbonyl (C=O) groups excluding carboxylic acids is 2. The normalized spacial score (nSPS) is 12.9. The summed E-state index contributed by atoms with van der Waals surface area (Å²) in [5, 5.41) is 3.27. The predicted molar refractivity (Wildman–Crippen MR) is 85.7 cm³/mol. The van der Waals surface area contributed by atoms with Gasteiger partial charge >= 0.3 is 5.97 Å². The zero-order chi connectivity index (χ0) is 16.2. The number of carbonyl (C=O) groups is 2. The van der Waals surface area contributed by atoms with E-state index in [0.717, 1.165) is 11.3 Å². The number of amides is 1.